The van der Waals surface area contributed by atoms with E-state index in [2.05, 4.69) is 41.1 Å². The molecular weight excluding hydrogens is 268 g/mol. The van der Waals surface area contributed by atoms with Crippen molar-refractivity contribution in [3.05, 3.63) is 33.8 Å². The maximum absolute atomic E-state index is 10.0. The molecule has 0 aromatic heterocycles. The van der Waals surface area contributed by atoms with Gasteiger partial charge in [0, 0.05) is 4.47 Å². The van der Waals surface area contributed by atoms with Gasteiger partial charge in [0.05, 0.1) is 6.61 Å². The van der Waals surface area contributed by atoms with Gasteiger partial charge >= 0.3 is 0 Å². The molecule has 1 aliphatic rings. The SMILES string of the molecule is Cc1cc(Br)ccc1C1CC1CCOC=O. The molecular formula is C13H15BrO2. The van der Waals surface area contributed by atoms with Crippen LogP contribution in [0.5, 0.6) is 0 Å². The fraction of sp³-hybridized carbons (Fsp3) is 0.462. The Morgan fingerprint density at radius 3 is 3.06 bits per heavy atom. The van der Waals surface area contributed by atoms with E-state index in [-0.39, 0.29) is 0 Å². The van der Waals surface area contributed by atoms with Gasteiger partial charge in [0.25, 0.3) is 6.47 Å². The van der Waals surface area contributed by atoms with E-state index in [0.29, 0.717) is 24.9 Å². The van der Waals surface area contributed by atoms with Crippen LogP contribution in [-0.2, 0) is 9.53 Å². The predicted molar refractivity (Wildman–Crippen MR) is 66.4 cm³/mol. The van der Waals surface area contributed by atoms with Gasteiger partial charge in [-0.15, -0.1) is 0 Å². The summed E-state index contributed by atoms with van der Waals surface area (Å²) < 4.78 is 5.86. The van der Waals surface area contributed by atoms with Gasteiger partial charge in [-0.2, -0.15) is 0 Å². The largest absolute Gasteiger partial charge is 0.468 e. The molecule has 16 heavy (non-hydrogen) atoms. The van der Waals surface area contributed by atoms with Gasteiger partial charge in [0.15, 0.2) is 0 Å². The van der Waals surface area contributed by atoms with Gasteiger partial charge in [-0.25, -0.2) is 0 Å². The average molecular weight is 283 g/mol. The Morgan fingerprint density at radius 1 is 1.56 bits per heavy atom. The van der Waals surface area contributed by atoms with Gasteiger partial charge in [-0.3, -0.25) is 4.79 Å². The fourth-order valence-electron chi connectivity index (χ4n) is 2.27. The van der Waals surface area contributed by atoms with Crippen LogP contribution in [-0.4, -0.2) is 13.1 Å². The molecule has 0 aliphatic heterocycles. The van der Waals surface area contributed by atoms with Gasteiger partial charge < -0.3 is 4.74 Å². The van der Waals surface area contributed by atoms with Gasteiger partial charge in [-0.1, -0.05) is 22.0 Å². The Balaban J connectivity index is 1.92. The molecule has 2 nitrogen and oxygen atoms in total. The maximum Gasteiger partial charge on any atom is 0.293 e. The standard InChI is InChI=1S/C13H15BrO2/c1-9-6-11(14)2-3-12(9)13-7-10(13)4-5-16-8-15/h2-3,6,8,10,13H,4-5,7H2,1H3. The number of benzene rings is 1. The lowest BCUT2D eigenvalue weighted by Gasteiger charge is -2.05. The topological polar surface area (TPSA) is 26.3 Å². The highest BCUT2D eigenvalue weighted by Crippen LogP contribution is 2.50. The molecule has 0 saturated heterocycles. The molecule has 0 bridgehead atoms. The smallest absolute Gasteiger partial charge is 0.293 e. The Bertz CT molecular complexity index is 390. The van der Waals surface area contributed by atoms with E-state index in [1.165, 1.54) is 17.5 Å². The molecule has 0 radical (unpaired) electrons. The molecule has 0 amide bonds. The van der Waals surface area contributed by atoms with Gasteiger partial charge in [0.2, 0.25) is 0 Å². The summed E-state index contributed by atoms with van der Waals surface area (Å²) >= 11 is 3.47. The lowest BCUT2D eigenvalue weighted by molar-refractivity contribution is -0.128. The van der Waals surface area contributed by atoms with Crippen molar-refractivity contribution < 1.29 is 9.53 Å². The van der Waals surface area contributed by atoms with E-state index in [4.69, 9.17) is 4.74 Å². The number of carbonyl (C=O) groups excluding carboxylic acids is 1. The second kappa shape index (κ2) is 5.00. The summed E-state index contributed by atoms with van der Waals surface area (Å²) in [7, 11) is 0. The zero-order valence-electron chi connectivity index (χ0n) is 9.28. The fourth-order valence-corrected chi connectivity index (χ4v) is 2.75. The quantitative estimate of drug-likeness (QED) is 0.611. The lowest BCUT2D eigenvalue weighted by atomic mass is 10.0. The van der Waals surface area contributed by atoms with Crippen molar-refractivity contribution in [1.82, 2.24) is 0 Å². The Labute approximate surface area is 104 Å². The first-order valence-electron chi connectivity index (χ1n) is 5.53. The van der Waals surface area contributed by atoms with Crippen LogP contribution in [0.1, 0.15) is 29.9 Å². The molecule has 1 saturated carbocycles. The van der Waals surface area contributed by atoms with Crippen molar-refractivity contribution in [2.45, 2.75) is 25.7 Å². The monoisotopic (exact) mass is 282 g/mol. The Morgan fingerprint density at radius 2 is 2.38 bits per heavy atom. The molecule has 2 atom stereocenters. The molecule has 1 fully saturated rings. The van der Waals surface area contributed by atoms with Crippen LogP contribution < -0.4 is 0 Å². The Kier molecular flexibility index (Phi) is 3.64. The molecule has 2 rings (SSSR count). The predicted octanol–water partition coefficient (Wildman–Crippen LogP) is 3.42. The molecule has 1 aliphatic carbocycles. The van der Waals surface area contributed by atoms with Crippen molar-refractivity contribution in [1.29, 1.82) is 0 Å². The molecule has 0 spiro atoms. The molecule has 3 heteroatoms. The third-order valence-corrected chi connectivity index (χ3v) is 3.72. The van der Waals surface area contributed by atoms with Crippen LogP contribution >= 0.6 is 15.9 Å². The van der Waals surface area contributed by atoms with E-state index in [1.807, 2.05) is 0 Å². The van der Waals surface area contributed by atoms with E-state index in [1.54, 1.807) is 0 Å². The zero-order valence-corrected chi connectivity index (χ0v) is 10.9. The van der Waals surface area contributed by atoms with E-state index in [9.17, 15) is 4.79 Å². The zero-order chi connectivity index (χ0) is 11.5. The number of rotatable bonds is 5. The maximum atomic E-state index is 10.0. The number of carbonyl (C=O) groups is 1. The number of hydrogen-bond acceptors (Lipinski definition) is 2. The van der Waals surface area contributed by atoms with Gasteiger partial charge in [0.1, 0.15) is 0 Å². The van der Waals surface area contributed by atoms with Crippen LogP contribution in [0.15, 0.2) is 22.7 Å². The molecule has 1 aromatic rings. The molecule has 86 valence electrons. The van der Waals surface area contributed by atoms with Crippen LogP contribution in [0, 0.1) is 12.8 Å². The lowest BCUT2D eigenvalue weighted by Crippen LogP contribution is -1.95. The van der Waals surface area contributed by atoms with Crippen LogP contribution in [0.2, 0.25) is 0 Å². The van der Waals surface area contributed by atoms with Crippen LogP contribution in [0.3, 0.4) is 0 Å². The minimum absolute atomic E-state index is 0.530. The highest BCUT2D eigenvalue weighted by atomic mass is 79.9. The summed E-state index contributed by atoms with van der Waals surface area (Å²) in [6.45, 7) is 3.24. The highest BCUT2D eigenvalue weighted by molar-refractivity contribution is 9.10. The van der Waals surface area contributed by atoms with Crippen molar-refractivity contribution in [3.63, 3.8) is 0 Å². The van der Waals surface area contributed by atoms with Crippen LogP contribution in [0.25, 0.3) is 0 Å². The van der Waals surface area contributed by atoms with Crippen molar-refractivity contribution in [3.8, 4) is 0 Å². The summed E-state index contributed by atoms with van der Waals surface area (Å²) in [4.78, 5) is 10.0. The van der Waals surface area contributed by atoms with Crippen molar-refractivity contribution in [2.24, 2.45) is 5.92 Å². The van der Waals surface area contributed by atoms with Crippen LogP contribution in [0.4, 0.5) is 0 Å². The third-order valence-electron chi connectivity index (χ3n) is 3.23. The van der Waals surface area contributed by atoms with Crippen molar-refractivity contribution >= 4 is 22.4 Å². The second-order valence-corrected chi connectivity index (χ2v) is 5.27. The number of hydrogen-bond donors (Lipinski definition) is 0. The first kappa shape index (κ1) is 11.6. The van der Waals surface area contributed by atoms with Crippen molar-refractivity contribution in [2.75, 3.05) is 6.61 Å². The number of halogens is 1. The number of aryl methyl sites for hydroxylation is 1. The van der Waals surface area contributed by atoms with E-state index < -0.39 is 0 Å². The van der Waals surface area contributed by atoms with E-state index >= 15 is 0 Å². The Hall–Kier alpha value is -0.830. The average Bonchev–Trinajstić information content (AvgIpc) is 2.98. The normalized spacial score (nSPS) is 22.9. The van der Waals surface area contributed by atoms with E-state index in [0.717, 1.165) is 10.9 Å². The molecule has 0 heterocycles. The highest BCUT2D eigenvalue weighted by Gasteiger charge is 2.38. The third kappa shape index (κ3) is 2.64. The minimum Gasteiger partial charge on any atom is -0.468 e. The first-order chi connectivity index (χ1) is 7.72. The second-order valence-electron chi connectivity index (χ2n) is 4.36. The summed E-state index contributed by atoms with van der Waals surface area (Å²) in [6, 6.07) is 6.46. The minimum atomic E-state index is 0.530. The molecule has 1 aromatic carbocycles. The summed E-state index contributed by atoms with van der Waals surface area (Å²) in [5, 5.41) is 0. The summed E-state index contributed by atoms with van der Waals surface area (Å²) in [5.74, 6) is 1.36. The van der Waals surface area contributed by atoms with Gasteiger partial charge in [-0.05, 0) is 54.9 Å². The number of ether oxygens (including phenoxy) is 1. The summed E-state index contributed by atoms with van der Waals surface area (Å²) in [6.07, 6.45) is 2.21. The molecule has 2 unspecified atom stereocenters. The summed E-state index contributed by atoms with van der Waals surface area (Å²) in [5.41, 5.74) is 2.79. The first-order valence-corrected chi connectivity index (χ1v) is 6.33. The molecule has 0 N–H and O–H groups in total.